The number of allylic oxidation sites excluding steroid dienone is 1. The second kappa shape index (κ2) is 10.1. The standard InChI is InChI=1S/C29H33F2N3O2/c1-3-12-33-13-6-9-21(33)16-34-17-24-22(10-5-11-25(24)31)27(18(34)2)29(36)32-28(23-15-26(23)35)19-7-4-8-20(30)14-19/h4-5,7-8,10-11,14,21,23,28H,3,6,9,12-13,15-17H2,1-2H3,(H,32,36)/t21-,23?,28-/m1/s1. The van der Waals surface area contributed by atoms with Crippen LogP contribution < -0.4 is 5.32 Å². The van der Waals surface area contributed by atoms with E-state index in [4.69, 9.17) is 0 Å². The predicted molar refractivity (Wildman–Crippen MR) is 135 cm³/mol. The van der Waals surface area contributed by atoms with Crippen molar-refractivity contribution in [2.24, 2.45) is 5.92 Å². The molecule has 1 N–H and O–H groups in total. The fraction of sp³-hybridized carbons (Fsp3) is 0.448. The minimum Gasteiger partial charge on any atom is -0.368 e. The summed E-state index contributed by atoms with van der Waals surface area (Å²) >= 11 is 0. The summed E-state index contributed by atoms with van der Waals surface area (Å²) in [6.07, 6.45) is 3.66. The average molecular weight is 494 g/mol. The zero-order valence-electron chi connectivity index (χ0n) is 20.9. The van der Waals surface area contributed by atoms with Gasteiger partial charge in [-0.15, -0.1) is 0 Å². The van der Waals surface area contributed by atoms with E-state index < -0.39 is 11.9 Å². The lowest BCUT2D eigenvalue weighted by Crippen LogP contribution is -2.42. The topological polar surface area (TPSA) is 52.6 Å². The molecule has 5 rings (SSSR count). The van der Waals surface area contributed by atoms with E-state index in [1.165, 1.54) is 18.2 Å². The Bertz CT molecular complexity index is 1210. The van der Waals surface area contributed by atoms with Crippen molar-refractivity contribution in [2.75, 3.05) is 19.6 Å². The first-order chi connectivity index (χ1) is 17.4. The van der Waals surface area contributed by atoms with Crippen LogP contribution in [-0.4, -0.2) is 47.2 Å². The predicted octanol–water partition coefficient (Wildman–Crippen LogP) is 4.83. The molecule has 2 aromatic rings. The highest BCUT2D eigenvalue weighted by Crippen LogP contribution is 2.39. The van der Waals surface area contributed by atoms with E-state index in [1.807, 2.05) is 6.92 Å². The van der Waals surface area contributed by atoms with Crippen LogP contribution in [0, 0.1) is 17.6 Å². The maximum Gasteiger partial charge on any atom is 0.254 e. The first-order valence-electron chi connectivity index (χ1n) is 12.9. The third kappa shape index (κ3) is 4.81. The summed E-state index contributed by atoms with van der Waals surface area (Å²) in [4.78, 5) is 30.5. The van der Waals surface area contributed by atoms with Crippen LogP contribution in [0.2, 0.25) is 0 Å². The van der Waals surface area contributed by atoms with Crippen molar-refractivity contribution >= 4 is 17.3 Å². The molecule has 2 aliphatic heterocycles. The maximum atomic E-state index is 15.0. The second-order valence-electron chi connectivity index (χ2n) is 10.2. The molecule has 1 unspecified atom stereocenters. The van der Waals surface area contributed by atoms with Crippen LogP contribution in [-0.2, 0) is 16.1 Å². The Morgan fingerprint density at radius 2 is 1.97 bits per heavy atom. The molecule has 190 valence electrons. The number of hydrogen-bond acceptors (Lipinski definition) is 4. The van der Waals surface area contributed by atoms with Gasteiger partial charge in [-0.1, -0.05) is 31.2 Å². The number of likely N-dealkylation sites (tertiary alicyclic amines) is 1. The summed E-state index contributed by atoms with van der Waals surface area (Å²) in [5, 5.41) is 3.01. The van der Waals surface area contributed by atoms with Crippen molar-refractivity contribution in [1.29, 1.82) is 0 Å². The van der Waals surface area contributed by atoms with Crippen LogP contribution in [0.5, 0.6) is 0 Å². The average Bonchev–Trinajstić information content (AvgIpc) is 3.41. The van der Waals surface area contributed by atoms with Gasteiger partial charge in [0.05, 0.1) is 11.6 Å². The third-order valence-corrected chi connectivity index (χ3v) is 7.81. The molecule has 0 radical (unpaired) electrons. The molecule has 0 bridgehead atoms. The molecule has 0 spiro atoms. The van der Waals surface area contributed by atoms with Crippen LogP contribution >= 0.6 is 0 Å². The van der Waals surface area contributed by atoms with E-state index in [0.717, 1.165) is 44.6 Å². The highest BCUT2D eigenvalue weighted by Gasteiger charge is 2.44. The summed E-state index contributed by atoms with van der Waals surface area (Å²) in [5.74, 6) is -1.44. The van der Waals surface area contributed by atoms with Crippen molar-refractivity contribution < 1.29 is 18.4 Å². The largest absolute Gasteiger partial charge is 0.368 e. The summed E-state index contributed by atoms with van der Waals surface area (Å²) in [6, 6.07) is 10.6. The number of nitrogens with zero attached hydrogens (tertiary/aromatic N) is 2. The van der Waals surface area contributed by atoms with Gasteiger partial charge in [0.25, 0.3) is 5.91 Å². The number of ketones is 1. The Labute approximate surface area is 211 Å². The lowest BCUT2D eigenvalue weighted by molar-refractivity contribution is -0.116. The van der Waals surface area contributed by atoms with Gasteiger partial charge < -0.3 is 10.2 Å². The number of benzene rings is 2. The summed E-state index contributed by atoms with van der Waals surface area (Å²) < 4.78 is 29.0. The van der Waals surface area contributed by atoms with Crippen LogP contribution in [0.15, 0.2) is 48.2 Å². The first kappa shape index (κ1) is 24.6. The molecule has 1 saturated heterocycles. The number of carbonyl (C=O) groups excluding carboxylic acids is 2. The van der Waals surface area contributed by atoms with Gasteiger partial charge in [0.15, 0.2) is 0 Å². The number of nitrogens with one attached hydrogen (secondary N) is 1. The molecular formula is C29H33F2N3O2. The molecule has 2 heterocycles. The van der Waals surface area contributed by atoms with Crippen molar-refractivity contribution in [3.63, 3.8) is 0 Å². The Morgan fingerprint density at radius 3 is 2.69 bits per heavy atom. The van der Waals surface area contributed by atoms with Gasteiger partial charge in [-0.3, -0.25) is 14.5 Å². The lowest BCUT2D eigenvalue weighted by Gasteiger charge is -2.37. The molecule has 0 aromatic heterocycles. The number of carbonyl (C=O) groups is 2. The van der Waals surface area contributed by atoms with Gasteiger partial charge in [0, 0.05) is 42.7 Å². The minimum absolute atomic E-state index is 0.0456. The molecule has 3 aliphatic rings. The molecular weight excluding hydrogens is 460 g/mol. The fourth-order valence-corrected chi connectivity index (χ4v) is 5.83. The highest BCUT2D eigenvalue weighted by molar-refractivity contribution is 6.21. The Balaban J connectivity index is 1.47. The Kier molecular flexibility index (Phi) is 6.93. The van der Waals surface area contributed by atoms with E-state index in [9.17, 15) is 14.0 Å². The molecule has 3 atom stereocenters. The summed E-state index contributed by atoms with van der Waals surface area (Å²) in [5.41, 5.74) is 2.88. The zero-order chi connectivity index (χ0) is 25.4. The molecule has 7 heteroatoms. The van der Waals surface area contributed by atoms with Crippen LogP contribution in [0.25, 0.3) is 5.57 Å². The molecule has 2 aromatic carbocycles. The Morgan fingerprint density at radius 1 is 1.19 bits per heavy atom. The number of amides is 1. The van der Waals surface area contributed by atoms with Gasteiger partial charge in [-0.25, -0.2) is 8.78 Å². The number of Topliss-reactive ketones (excluding diaryl/α,β-unsaturated/α-hetero) is 1. The SMILES string of the molecule is CCCN1CCC[C@@H]1CN1Cc2c(F)cccc2C(C(=O)N[C@H](c2cccc(F)c2)C2CC2=O)=C1C. The highest BCUT2D eigenvalue weighted by atomic mass is 19.1. The quantitative estimate of drug-likeness (QED) is 0.572. The van der Waals surface area contributed by atoms with Crippen molar-refractivity contribution in [1.82, 2.24) is 15.1 Å². The Hall–Kier alpha value is -3.06. The number of rotatable bonds is 8. The van der Waals surface area contributed by atoms with Crippen LogP contribution in [0.3, 0.4) is 0 Å². The molecule has 36 heavy (non-hydrogen) atoms. The molecule has 5 nitrogen and oxygen atoms in total. The van der Waals surface area contributed by atoms with Gasteiger partial charge in [0.1, 0.15) is 17.4 Å². The molecule has 1 saturated carbocycles. The van der Waals surface area contributed by atoms with Gasteiger partial charge >= 0.3 is 0 Å². The normalized spacial score (nSPS) is 22.6. The van der Waals surface area contributed by atoms with E-state index >= 15 is 4.39 Å². The third-order valence-electron chi connectivity index (χ3n) is 7.81. The van der Waals surface area contributed by atoms with E-state index in [0.29, 0.717) is 41.3 Å². The van der Waals surface area contributed by atoms with Crippen molar-refractivity contribution in [3.05, 3.63) is 76.5 Å². The first-order valence-corrected chi connectivity index (χ1v) is 12.9. The molecule has 1 amide bonds. The monoisotopic (exact) mass is 493 g/mol. The van der Waals surface area contributed by atoms with Crippen molar-refractivity contribution in [2.45, 2.75) is 58.2 Å². The maximum absolute atomic E-state index is 15.0. The van der Waals surface area contributed by atoms with E-state index in [-0.39, 0.29) is 23.4 Å². The van der Waals surface area contributed by atoms with Crippen LogP contribution in [0.1, 0.15) is 62.3 Å². The number of fused-ring (bicyclic) bond motifs is 1. The van der Waals surface area contributed by atoms with Crippen molar-refractivity contribution in [3.8, 4) is 0 Å². The second-order valence-corrected chi connectivity index (χ2v) is 10.2. The van der Waals surface area contributed by atoms with Crippen LogP contribution in [0.4, 0.5) is 8.78 Å². The summed E-state index contributed by atoms with van der Waals surface area (Å²) in [6.45, 7) is 7.33. The molecule has 2 fully saturated rings. The number of halogens is 2. The van der Waals surface area contributed by atoms with Gasteiger partial charge in [-0.05, 0) is 68.6 Å². The molecule has 1 aliphatic carbocycles. The fourth-order valence-electron chi connectivity index (χ4n) is 5.83. The smallest absolute Gasteiger partial charge is 0.254 e. The number of hydrogen-bond donors (Lipinski definition) is 1. The zero-order valence-corrected chi connectivity index (χ0v) is 20.9. The van der Waals surface area contributed by atoms with Gasteiger partial charge in [-0.2, -0.15) is 0 Å². The minimum atomic E-state index is -0.622. The lowest BCUT2D eigenvalue weighted by atomic mass is 9.91. The summed E-state index contributed by atoms with van der Waals surface area (Å²) in [7, 11) is 0. The van der Waals surface area contributed by atoms with Gasteiger partial charge in [0.2, 0.25) is 0 Å². The van der Waals surface area contributed by atoms with E-state index in [2.05, 4.69) is 22.0 Å². The van der Waals surface area contributed by atoms with E-state index in [1.54, 1.807) is 24.3 Å².